The normalized spacial score (nSPS) is 11.9. The minimum atomic E-state index is -0.487. The van der Waals surface area contributed by atoms with Gasteiger partial charge in [-0.2, -0.15) is 0 Å². The van der Waals surface area contributed by atoms with Gasteiger partial charge in [0, 0.05) is 11.2 Å². The molecule has 0 radical (unpaired) electrons. The molecule has 122 valence electrons. The first kappa shape index (κ1) is 17.1. The van der Waals surface area contributed by atoms with Gasteiger partial charge in [-0.1, -0.05) is 37.6 Å². The molecule has 0 bridgehead atoms. The second-order valence-electron chi connectivity index (χ2n) is 5.44. The lowest BCUT2D eigenvalue weighted by atomic mass is 10.0. The minimum absolute atomic E-state index is 0.378. The van der Waals surface area contributed by atoms with Gasteiger partial charge in [0.25, 0.3) is 0 Å². The molecule has 0 aliphatic rings. The zero-order chi connectivity index (χ0) is 16.8. The van der Waals surface area contributed by atoms with Crippen molar-refractivity contribution < 1.29 is 9.53 Å². The summed E-state index contributed by atoms with van der Waals surface area (Å²) in [4.78, 5) is 15.9. The molecule has 1 heterocycles. The van der Waals surface area contributed by atoms with Crippen LogP contribution in [0.2, 0.25) is 5.02 Å². The second kappa shape index (κ2) is 7.83. The highest BCUT2D eigenvalue weighted by Crippen LogP contribution is 2.19. The number of hydrogen-bond acceptors (Lipinski definition) is 3. The van der Waals surface area contributed by atoms with Crippen molar-refractivity contribution >= 4 is 23.4 Å². The Morgan fingerprint density at radius 1 is 1.17 bits per heavy atom. The quantitative estimate of drug-likeness (QED) is 0.797. The van der Waals surface area contributed by atoms with E-state index >= 15 is 0 Å². The predicted molar refractivity (Wildman–Crippen MR) is 92.0 cm³/mol. The van der Waals surface area contributed by atoms with Crippen LogP contribution in [0.3, 0.4) is 0 Å². The van der Waals surface area contributed by atoms with E-state index in [1.807, 2.05) is 24.3 Å². The topological polar surface area (TPSA) is 63.2 Å². The average Bonchev–Trinajstić information content (AvgIpc) is 2.47. The van der Waals surface area contributed by atoms with Crippen molar-refractivity contribution in [2.45, 2.75) is 32.9 Å². The van der Waals surface area contributed by atoms with Crippen molar-refractivity contribution in [2.75, 3.05) is 5.32 Å². The summed E-state index contributed by atoms with van der Waals surface area (Å²) in [6.07, 6.45) is 1.04. The number of aromatic nitrogens is 1. The number of benzene rings is 1. The van der Waals surface area contributed by atoms with Crippen molar-refractivity contribution in [1.82, 2.24) is 10.3 Å². The van der Waals surface area contributed by atoms with E-state index in [1.165, 1.54) is 11.8 Å². The molecule has 1 aromatic heterocycles. The predicted octanol–water partition coefficient (Wildman–Crippen LogP) is 4.40. The average molecular weight is 334 g/mol. The Labute approximate surface area is 141 Å². The first-order valence-corrected chi connectivity index (χ1v) is 7.77. The van der Waals surface area contributed by atoms with Crippen LogP contribution >= 0.6 is 11.6 Å². The van der Waals surface area contributed by atoms with Gasteiger partial charge in [0.05, 0.1) is 0 Å². The maximum Gasteiger partial charge on any atom is 0.323 e. The fraction of sp³-hybridized carbons (Fsp3) is 0.294. The Morgan fingerprint density at radius 2 is 1.87 bits per heavy atom. The molecule has 0 saturated heterocycles. The summed E-state index contributed by atoms with van der Waals surface area (Å²) in [6.45, 7) is 6.02. The van der Waals surface area contributed by atoms with Gasteiger partial charge >= 0.3 is 6.03 Å². The number of rotatable bonds is 5. The fourth-order valence-electron chi connectivity index (χ4n) is 1.98. The molecule has 2 aromatic rings. The van der Waals surface area contributed by atoms with Gasteiger partial charge in [0.2, 0.25) is 0 Å². The summed E-state index contributed by atoms with van der Waals surface area (Å²) in [5, 5.41) is 5.78. The number of hydrogen-bond donors (Lipinski definition) is 2. The van der Waals surface area contributed by atoms with Crippen molar-refractivity contribution in [2.24, 2.45) is 0 Å². The highest BCUT2D eigenvalue weighted by atomic mass is 35.5. The maximum absolute atomic E-state index is 11.9. The lowest BCUT2D eigenvalue weighted by Crippen LogP contribution is -2.39. The standard InChI is InChI=1S/C17H20ClN3O2/c1-11(2)13-4-6-15(7-5-13)23-12(3)20-17(22)21-16-10-14(18)8-9-19-16/h4-12H,1-3H3,(H2,19,20,21,22). The smallest absolute Gasteiger partial charge is 0.323 e. The van der Waals surface area contributed by atoms with Gasteiger partial charge in [0.1, 0.15) is 11.6 Å². The number of halogens is 1. The van der Waals surface area contributed by atoms with Crippen LogP contribution in [0, 0.1) is 0 Å². The molecule has 0 fully saturated rings. The van der Waals surface area contributed by atoms with Gasteiger partial charge in [-0.05, 0) is 42.7 Å². The molecule has 0 aliphatic heterocycles. The molecule has 5 nitrogen and oxygen atoms in total. The molecule has 23 heavy (non-hydrogen) atoms. The van der Waals surface area contributed by atoms with E-state index < -0.39 is 12.3 Å². The first-order valence-electron chi connectivity index (χ1n) is 7.39. The number of pyridine rings is 1. The van der Waals surface area contributed by atoms with Crippen LogP contribution < -0.4 is 15.4 Å². The van der Waals surface area contributed by atoms with Crippen LogP contribution in [0.5, 0.6) is 5.75 Å². The van der Waals surface area contributed by atoms with Gasteiger partial charge in [-0.15, -0.1) is 0 Å². The third-order valence-corrected chi connectivity index (χ3v) is 3.39. The molecular formula is C17H20ClN3O2. The van der Waals surface area contributed by atoms with Crippen LogP contribution in [0.25, 0.3) is 0 Å². The van der Waals surface area contributed by atoms with Gasteiger partial charge in [0.15, 0.2) is 6.23 Å². The van der Waals surface area contributed by atoms with Crippen LogP contribution in [-0.2, 0) is 0 Å². The van der Waals surface area contributed by atoms with Crippen molar-refractivity contribution in [1.29, 1.82) is 0 Å². The summed E-state index contributed by atoms with van der Waals surface area (Å²) in [5.41, 5.74) is 1.24. The van der Waals surface area contributed by atoms with Crippen molar-refractivity contribution in [3.05, 3.63) is 53.2 Å². The summed E-state index contributed by atoms with van der Waals surface area (Å²) >= 11 is 5.84. The van der Waals surface area contributed by atoms with Gasteiger partial charge in [-0.3, -0.25) is 5.32 Å². The fourth-order valence-corrected chi connectivity index (χ4v) is 2.13. The molecule has 0 spiro atoms. The number of amides is 2. The number of nitrogens with zero attached hydrogens (tertiary/aromatic N) is 1. The highest BCUT2D eigenvalue weighted by molar-refractivity contribution is 6.30. The molecule has 0 aliphatic carbocycles. The van der Waals surface area contributed by atoms with Crippen LogP contribution in [0.1, 0.15) is 32.3 Å². The number of carbonyl (C=O) groups excluding carboxylic acids is 1. The first-order chi connectivity index (χ1) is 10.9. The molecule has 2 amide bonds. The Hall–Kier alpha value is -2.27. The molecule has 2 rings (SSSR count). The van der Waals surface area contributed by atoms with Gasteiger partial charge in [-0.25, -0.2) is 9.78 Å². The SMILES string of the molecule is CC(NC(=O)Nc1cc(Cl)ccn1)Oc1ccc(C(C)C)cc1. The number of ether oxygens (including phenoxy) is 1. The van der Waals surface area contributed by atoms with E-state index in [2.05, 4.69) is 29.5 Å². The van der Waals surface area contributed by atoms with E-state index in [1.54, 1.807) is 19.1 Å². The zero-order valence-corrected chi connectivity index (χ0v) is 14.1. The van der Waals surface area contributed by atoms with Crippen LogP contribution in [-0.4, -0.2) is 17.2 Å². The third-order valence-electron chi connectivity index (χ3n) is 3.16. The van der Waals surface area contributed by atoms with E-state index in [-0.39, 0.29) is 0 Å². The summed E-state index contributed by atoms with van der Waals surface area (Å²) in [7, 11) is 0. The lowest BCUT2D eigenvalue weighted by molar-refractivity contribution is 0.183. The molecule has 1 aromatic carbocycles. The largest absolute Gasteiger partial charge is 0.471 e. The number of carbonyl (C=O) groups is 1. The summed E-state index contributed by atoms with van der Waals surface area (Å²) in [6, 6.07) is 10.6. The number of urea groups is 1. The van der Waals surface area contributed by atoms with E-state index in [0.717, 1.165) is 0 Å². The minimum Gasteiger partial charge on any atom is -0.471 e. The van der Waals surface area contributed by atoms with Crippen LogP contribution in [0.4, 0.5) is 10.6 Å². The summed E-state index contributed by atoms with van der Waals surface area (Å²) in [5.74, 6) is 1.54. The third kappa shape index (κ3) is 5.45. The molecular weight excluding hydrogens is 314 g/mol. The Bertz CT molecular complexity index is 659. The Morgan fingerprint density at radius 3 is 2.48 bits per heavy atom. The van der Waals surface area contributed by atoms with Gasteiger partial charge < -0.3 is 10.1 Å². The Balaban J connectivity index is 1.86. The second-order valence-corrected chi connectivity index (χ2v) is 5.88. The molecule has 6 heteroatoms. The molecule has 1 unspecified atom stereocenters. The van der Waals surface area contributed by atoms with Crippen molar-refractivity contribution in [3.63, 3.8) is 0 Å². The molecule has 2 N–H and O–H groups in total. The number of nitrogens with one attached hydrogen (secondary N) is 2. The van der Waals surface area contributed by atoms with Crippen molar-refractivity contribution in [3.8, 4) is 5.75 Å². The molecule has 0 saturated carbocycles. The van der Waals surface area contributed by atoms with E-state index in [0.29, 0.717) is 22.5 Å². The Kier molecular flexibility index (Phi) is 5.82. The van der Waals surface area contributed by atoms with E-state index in [4.69, 9.17) is 16.3 Å². The highest BCUT2D eigenvalue weighted by Gasteiger charge is 2.10. The van der Waals surface area contributed by atoms with E-state index in [9.17, 15) is 4.79 Å². The lowest BCUT2D eigenvalue weighted by Gasteiger charge is -2.17. The zero-order valence-electron chi connectivity index (χ0n) is 13.3. The molecule has 1 atom stereocenters. The summed E-state index contributed by atoms with van der Waals surface area (Å²) < 4.78 is 5.66. The monoisotopic (exact) mass is 333 g/mol. The number of anilines is 1. The van der Waals surface area contributed by atoms with Crippen LogP contribution in [0.15, 0.2) is 42.6 Å². The maximum atomic E-state index is 11.9.